The highest BCUT2D eigenvalue weighted by molar-refractivity contribution is 7.83. The maximum atomic E-state index is 13.3. The van der Waals surface area contributed by atoms with Crippen LogP contribution in [0.4, 0.5) is 0 Å². The highest BCUT2D eigenvalue weighted by atomic mass is 32.2. The molecule has 0 amide bonds. The van der Waals surface area contributed by atoms with Crippen LogP contribution in [0.2, 0.25) is 0 Å². The molecule has 0 saturated heterocycles. The average Bonchev–Trinajstić information content (AvgIpc) is 3.24. The number of fused-ring (bicyclic) bond motifs is 2. The van der Waals surface area contributed by atoms with Crippen molar-refractivity contribution in [2.45, 2.75) is 17.7 Å². The van der Waals surface area contributed by atoms with Crippen molar-refractivity contribution in [1.82, 2.24) is 14.3 Å². The average molecular weight is 341 g/mol. The molecule has 3 aromatic rings. The molecule has 0 bridgehead atoms. The molecule has 5 nitrogen and oxygen atoms in total. The van der Waals surface area contributed by atoms with Crippen LogP contribution >= 0.6 is 0 Å². The van der Waals surface area contributed by atoms with Gasteiger partial charge >= 0.3 is 0 Å². The number of nitrogens with zero attached hydrogens (tertiary/aromatic N) is 2. The van der Waals surface area contributed by atoms with E-state index in [1.807, 2.05) is 47.5 Å². The minimum atomic E-state index is -1.36. The molecular weight excluding hydrogens is 322 g/mol. The van der Waals surface area contributed by atoms with Gasteiger partial charge in [-0.15, -0.1) is 0 Å². The smallest absolute Gasteiger partial charge is 0.160 e. The van der Waals surface area contributed by atoms with Crippen molar-refractivity contribution in [2.75, 3.05) is 20.2 Å². The second kappa shape index (κ2) is 6.37. The third-order valence-electron chi connectivity index (χ3n) is 4.29. The molecule has 2 aromatic heterocycles. The van der Waals surface area contributed by atoms with E-state index in [9.17, 15) is 4.21 Å². The largest absolute Gasteiger partial charge is 0.492 e. The van der Waals surface area contributed by atoms with Crippen molar-refractivity contribution in [3.8, 4) is 5.75 Å². The van der Waals surface area contributed by atoms with Crippen LogP contribution in [0.5, 0.6) is 5.75 Å². The van der Waals surface area contributed by atoms with Gasteiger partial charge in [0.2, 0.25) is 0 Å². The van der Waals surface area contributed by atoms with Crippen LogP contribution in [0.25, 0.3) is 11.0 Å². The predicted octanol–water partition coefficient (Wildman–Crippen LogP) is 2.30. The molecule has 1 aliphatic heterocycles. The van der Waals surface area contributed by atoms with Gasteiger partial charge in [-0.05, 0) is 49.3 Å². The number of para-hydroxylation sites is 1. The molecule has 3 heterocycles. The number of hydrogen-bond donors (Lipinski definition) is 1. The van der Waals surface area contributed by atoms with Crippen LogP contribution in [0.15, 0.2) is 47.6 Å². The van der Waals surface area contributed by atoms with E-state index in [1.165, 1.54) is 0 Å². The zero-order valence-electron chi connectivity index (χ0n) is 13.5. The molecule has 4 rings (SSSR count). The summed E-state index contributed by atoms with van der Waals surface area (Å²) in [4.78, 5) is 5.22. The van der Waals surface area contributed by atoms with Gasteiger partial charge < -0.3 is 10.1 Å². The summed E-state index contributed by atoms with van der Waals surface area (Å²) in [5, 5.41) is 3.15. The normalized spacial score (nSPS) is 14.5. The quantitative estimate of drug-likeness (QED) is 0.774. The maximum Gasteiger partial charge on any atom is 0.160 e. The fraction of sp³-hybridized carbons (Fsp3) is 0.278. The maximum absolute atomic E-state index is 13.3. The van der Waals surface area contributed by atoms with Crippen LogP contribution in [0.1, 0.15) is 11.1 Å². The number of benzene rings is 1. The topological polar surface area (TPSA) is 56.2 Å². The molecule has 0 saturated carbocycles. The summed E-state index contributed by atoms with van der Waals surface area (Å²) in [5.74, 6) is 0.776. The molecule has 24 heavy (non-hydrogen) atoms. The first-order valence-electron chi connectivity index (χ1n) is 8.06. The van der Waals surface area contributed by atoms with Gasteiger partial charge in [0.05, 0.1) is 17.6 Å². The van der Waals surface area contributed by atoms with Crippen LogP contribution in [-0.2, 0) is 23.8 Å². The van der Waals surface area contributed by atoms with Crippen molar-refractivity contribution in [1.29, 1.82) is 0 Å². The second-order valence-electron chi connectivity index (χ2n) is 5.80. The van der Waals surface area contributed by atoms with Crippen molar-refractivity contribution in [3.05, 3.63) is 53.9 Å². The van der Waals surface area contributed by atoms with Gasteiger partial charge in [0.15, 0.2) is 11.0 Å². The molecule has 0 radical (unpaired) electrons. The molecule has 1 aromatic carbocycles. The van der Waals surface area contributed by atoms with E-state index in [1.54, 1.807) is 6.20 Å². The van der Waals surface area contributed by atoms with E-state index in [0.29, 0.717) is 6.61 Å². The Morgan fingerprint density at radius 1 is 1.33 bits per heavy atom. The van der Waals surface area contributed by atoms with Gasteiger partial charge in [0.1, 0.15) is 10.6 Å². The summed E-state index contributed by atoms with van der Waals surface area (Å²) in [6.45, 7) is 1.51. The molecule has 0 fully saturated rings. The summed E-state index contributed by atoms with van der Waals surface area (Å²) in [6.07, 6.45) is 5.46. The van der Waals surface area contributed by atoms with Crippen molar-refractivity contribution in [2.24, 2.45) is 0 Å². The molecule has 1 unspecified atom stereocenters. The Balaban J connectivity index is 1.82. The third-order valence-corrected chi connectivity index (χ3v) is 5.65. The minimum absolute atomic E-state index is 0.658. The number of aromatic nitrogens is 2. The van der Waals surface area contributed by atoms with Gasteiger partial charge in [-0.2, -0.15) is 0 Å². The number of nitrogens with one attached hydrogen (secondary N) is 1. The Bertz CT molecular complexity index is 920. The fourth-order valence-electron chi connectivity index (χ4n) is 3.10. The summed E-state index contributed by atoms with van der Waals surface area (Å²) in [6, 6.07) is 9.72. The zero-order valence-corrected chi connectivity index (χ0v) is 14.3. The van der Waals surface area contributed by atoms with E-state index in [0.717, 1.165) is 52.2 Å². The molecule has 1 atom stereocenters. The van der Waals surface area contributed by atoms with Crippen LogP contribution in [0.3, 0.4) is 0 Å². The van der Waals surface area contributed by atoms with Crippen molar-refractivity contribution >= 4 is 22.0 Å². The standard InChI is InChI=1S/C18H19N3O2S/c1-19-10-7-14-12-21(15-5-3-9-20-17(14)15)24(22)16-6-2-4-13-8-11-23-18(13)16/h2-6,9,12,19H,7-8,10-11H2,1H3. The Morgan fingerprint density at radius 2 is 2.25 bits per heavy atom. The molecule has 1 N–H and O–H groups in total. The van der Waals surface area contributed by atoms with Gasteiger partial charge in [0.25, 0.3) is 0 Å². The fourth-order valence-corrected chi connectivity index (χ4v) is 4.41. The number of likely N-dealkylation sites (N-methyl/N-ethyl adjacent to an activating group) is 1. The van der Waals surface area contributed by atoms with Gasteiger partial charge in [-0.1, -0.05) is 12.1 Å². The molecule has 0 aliphatic carbocycles. The lowest BCUT2D eigenvalue weighted by Gasteiger charge is -2.09. The third kappa shape index (κ3) is 2.52. The first-order chi connectivity index (χ1) is 11.8. The highest BCUT2D eigenvalue weighted by Gasteiger charge is 2.22. The van der Waals surface area contributed by atoms with E-state index in [4.69, 9.17) is 4.74 Å². The number of pyridine rings is 1. The van der Waals surface area contributed by atoms with Crippen molar-refractivity contribution < 1.29 is 8.95 Å². The van der Waals surface area contributed by atoms with E-state index < -0.39 is 11.0 Å². The lowest BCUT2D eigenvalue weighted by molar-refractivity contribution is 0.349. The first kappa shape index (κ1) is 15.4. The molecule has 1 aliphatic rings. The van der Waals surface area contributed by atoms with E-state index >= 15 is 0 Å². The SMILES string of the molecule is CNCCc1cn(S(=O)c2cccc3c2OCC3)c2cccnc12. The summed E-state index contributed by atoms with van der Waals surface area (Å²) >= 11 is 0. The Kier molecular flexibility index (Phi) is 4.08. The summed E-state index contributed by atoms with van der Waals surface area (Å²) in [5.41, 5.74) is 4.03. The van der Waals surface area contributed by atoms with Gasteiger partial charge in [-0.25, -0.2) is 4.21 Å². The van der Waals surface area contributed by atoms with Crippen LogP contribution in [0, 0.1) is 0 Å². The number of ether oxygens (including phenoxy) is 1. The number of hydrogen-bond acceptors (Lipinski definition) is 4. The first-order valence-corrected chi connectivity index (χ1v) is 9.17. The van der Waals surface area contributed by atoms with Gasteiger partial charge in [0, 0.05) is 18.8 Å². The zero-order chi connectivity index (χ0) is 16.5. The molecule has 0 spiro atoms. The van der Waals surface area contributed by atoms with E-state index in [-0.39, 0.29) is 0 Å². The molecule has 124 valence electrons. The molecule has 6 heteroatoms. The lowest BCUT2D eigenvalue weighted by Crippen LogP contribution is -2.10. The predicted molar refractivity (Wildman–Crippen MR) is 94.8 cm³/mol. The Labute approximate surface area is 143 Å². The van der Waals surface area contributed by atoms with Crippen LogP contribution < -0.4 is 10.1 Å². The summed E-state index contributed by atoms with van der Waals surface area (Å²) < 4.78 is 20.8. The van der Waals surface area contributed by atoms with Crippen LogP contribution in [-0.4, -0.2) is 33.4 Å². The summed E-state index contributed by atoms with van der Waals surface area (Å²) in [7, 11) is 0.569. The Hall–Kier alpha value is -2.18. The minimum Gasteiger partial charge on any atom is -0.492 e. The van der Waals surface area contributed by atoms with Crippen molar-refractivity contribution in [3.63, 3.8) is 0 Å². The number of rotatable bonds is 5. The highest BCUT2D eigenvalue weighted by Crippen LogP contribution is 2.33. The Morgan fingerprint density at radius 3 is 3.12 bits per heavy atom. The second-order valence-corrected chi connectivity index (χ2v) is 7.13. The van der Waals surface area contributed by atoms with E-state index in [2.05, 4.69) is 10.3 Å². The molecular formula is C18H19N3O2S. The van der Waals surface area contributed by atoms with Gasteiger partial charge in [-0.3, -0.25) is 8.96 Å². The lowest BCUT2D eigenvalue weighted by atomic mass is 10.2. The monoisotopic (exact) mass is 341 g/mol.